The third-order valence-electron chi connectivity index (χ3n) is 6.61. The first-order chi connectivity index (χ1) is 15.7. The fourth-order valence-corrected chi connectivity index (χ4v) is 4.90. The molecule has 0 bridgehead atoms. The number of hydrogen-bond donors (Lipinski definition) is 1. The second-order valence-corrected chi connectivity index (χ2v) is 8.59. The molecule has 0 radical (unpaired) electrons. The number of nitrogens with zero attached hydrogens (tertiary/aromatic N) is 2. The van der Waals surface area contributed by atoms with Crippen molar-refractivity contribution in [3.63, 3.8) is 0 Å². The number of piperidine rings is 1. The number of ether oxygens (including phenoxy) is 2. The number of likely N-dealkylation sites (tertiary alicyclic amines) is 2. The first-order valence-electron chi connectivity index (χ1n) is 11.4. The summed E-state index contributed by atoms with van der Waals surface area (Å²) in [5.74, 6) is 2.43. The molecule has 3 aliphatic rings. The summed E-state index contributed by atoms with van der Waals surface area (Å²) >= 11 is 0. The number of benzene rings is 1. The van der Waals surface area contributed by atoms with Crippen LogP contribution in [0.2, 0.25) is 0 Å². The van der Waals surface area contributed by atoms with Gasteiger partial charge in [0.25, 0.3) is 0 Å². The number of urea groups is 1. The highest BCUT2D eigenvalue weighted by molar-refractivity contribution is 5.80. The van der Waals surface area contributed by atoms with Crippen LogP contribution in [0.25, 0.3) is 0 Å². The second-order valence-electron chi connectivity index (χ2n) is 8.59. The number of fused-ring (bicyclic) bond motifs is 1. The van der Waals surface area contributed by atoms with Crippen molar-refractivity contribution in [2.75, 3.05) is 32.8 Å². The van der Waals surface area contributed by atoms with Gasteiger partial charge in [0.15, 0.2) is 11.5 Å². The van der Waals surface area contributed by atoms with Crippen LogP contribution >= 0.6 is 0 Å². The predicted molar refractivity (Wildman–Crippen MR) is 116 cm³/mol. The maximum absolute atomic E-state index is 13.4. The molecular formula is C24H29N3O5. The predicted octanol–water partition coefficient (Wildman–Crippen LogP) is 3.34. The molecule has 2 aromatic rings. The number of carbonyl (C=O) groups is 2. The SMILES string of the molecule is O=C(NCc1ccco1)N1CCC(C(=O)N2CCCC2c2ccc3c(c2)OCCO3)CC1. The van der Waals surface area contributed by atoms with E-state index in [1.807, 2.05) is 23.1 Å². The van der Waals surface area contributed by atoms with E-state index in [1.54, 1.807) is 17.2 Å². The topological polar surface area (TPSA) is 84.3 Å². The highest BCUT2D eigenvalue weighted by Gasteiger charge is 2.36. The van der Waals surface area contributed by atoms with Crippen molar-refractivity contribution in [3.8, 4) is 11.5 Å². The second kappa shape index (κ2) is 9.14. The fourth-order valence-electron chi connectivity index (χ4n) is 4.90. The van der Waals surface area contributed by atoms with Gasteiger partial charge in [-0.25, -0.2) is 4.79 Å². The smallest absolute Gasteiger partial charge is 0.317 e. The molecule has 1 N–H and O–H groups in total. The van der Waals surface area contributed by atoms with Crippen LogP contribution in [0, 0.1) is 5.92 Å². The Morgan fingerprint density at radius 2 is 1.81 bits per heavy atom. The molecule has 1 atom stereocenters. The van der Waals surface area contributed by atoms with E-state index in [0.29, 0.717) is 45.7 Å². The van der Waals surface area contributed by atoms with E-state index in [2.05, 4.69) is 11.4 Å². The molecule has 1 unspecified atom stereocenters. The molecule has 3 amide bonds. The zero-order chi connectivity index (χ0) is 21.9. The van der Waals surface area contributed by atoms with Crippen LogP contribution in [0.15, 0.2) is 41.0 Å². The van der Waals surface area contributed by atoms with E-state index in [9.17, 15) is 9.59 Å². The fraction of sp³-hybridized carbons (Fsp3) is 0.500. The number of hydrogen-bond acceptors (Lipinski definition) is 5. The van der Waals surface area contributed by atoms with Crippen molar-refractivity contribution in [1.82, 2.24) is 15.1 Å². The van der Waals surface area contributed by atoms with Gasteiger partial charge in [0, 0.05) is 25.6 Å². The van der Waals surface area contributed by atoms with Crippen LogP contribution in [0.3, 0.4) is 0 Å². The first-order valence-corrected chi connectivity index (χ1v) is 11.4. The normalized spacial score (nSPS) is 20.9. The Balaban J connectivity index is 1.17. The summed E-state index contributed by atoms with van der Waals surface area (Å²) in [4.78, 5) is 29.6. The molecule has 3 aliphatic heterocycles. The summed E-state index contributed by atoms with van der Waals surface area (Å²) < 4.78 is 16.6. The quantitative estimate of drug-likeness (QED) is 0.790. The van der Waals surface area contributed by atoms with Crippen LogP contribution in [0.1, 0.15) is 43.0 Å². The van der Waals surface area contributed by atoms with Gasteiger partial charge in [0.2, 0.25) is 5.91 Å². The van der Waals surface area contributed by atoms with E-state index < -0.39 is 0 Å². The molecule has 2 fully saturated rings. The van der Waals surface area contributed by atoms with Crippen molar-refractivity contribution in [2.45, 2.75) is 38.3 Å². The number of rotatable bonds is 4. The summed E-state index contributed by atoms with van der Waals surface area (Å²) in [5.41, 5.74) is 1.11. The first kappa shape index (κ1) is 20.7. The van der Waals surface area contributed by atoms with Crippen LogP contribution in [0.5, 0.6) is 11.5 Å². The van der Waals surface area contributed by atoms with Gasteiger partial charge in [-0.3, -0.25) is 4.79 Å². The lowest BCUT2D eigenvalue weighted by Crippen LogP contribution is -2.47. The largest absolute Gasteiger partial charge is 0.486 e. The molecule has 5 rings (SSSR count). The van der Waals surface area contributed by atoms with Gasteiger partial charge in [0.05, 0.1) is 18.8 Å². The van der Waals surface area contributed by atoms with Gasteiger partial charge in [-0.1, -0.05) is 6.07 Å². The Bertz CT molecular complexity index is 953. The number of nitrogens with one attached hydrogen (secondary N) is 1. The van der Waals surface area contributed by atoms with Gasteiger partial charge in [-0.15, -0.1) is 0 Å². The van der Waals surface area contributed by atoms with Gasteiger partial charge >= 0.3 is 6.03 Å². The third-order valence-corrected chi connectivity index (χ3v) is 6.61. The van der Waals surface area contributed by atoms with Crippen LogP contribution in [-0.4, -0.2) is 54.6 Å². The lowest BCUT2D eigenvalue weighted by Gasteiger charge is -2.35. The lowest BCUT2D eigenvalue weighted by molar-refractivity contribution is -0.137. The Morgan fingerprint density at radius 1 is 1.00 bits per heavy atom. The molecule has 32 heavy (non-hydrogen) atoms. The molecule has 0 saturated carbocycles. The summed E-state index contributed by atoms with van der Waals surface area (Å²) in [5, 5.41) is 2.88. The van der Waals surface area contributed by atoms with Crippen molar-refractivity contribution >= 4 is 11.9 Å². The van der Waals surface area contributed by atoms with E-state index in [4.69, 9.17) is 13.9 Å². The maximum atomic E-state index is 13.4. The molecule has 1 aromatic heterocycles. The summed E-state index contributed by atoms with van der Waals surface area (Å²) in [6, 6.07) is 9.63. The Hall–Kier alpha value is -3.16. The maximum Gasteiger partial charge on any atom is 0.317 e. The minimum absolute atomic E-state index is 0.0399. The highest BCUT2D eigenvalue weighted by atomic mass is 16.6. The molecule has 1 aromatic carbocycles. The van der Waals surface area contributed by atoms with Crippen LogP contribution in [0.4, 0.5) is 4.79 Å². The van der Waals surface area contributed by atoms with Crippen molar-refractivity contribution < 1.29 is 23.5 Å². The Labute approximate surface area is 187 Å². The molecule has 8 heteroatoms. The Morgan fingerprint density at radius 3 is 2.59 bits per heavy atom. The van der Waals surface area contributed by atoms with Crippen molar-refractivity contribution in [2.24, 2.45) is 5.92 Å². The Kier molecular flexibility index (Phi) is 5.92. The molecule has 170 valence electrons. The van der Waals surface area contributed by atoms with E-state index in [1.165, 1.54) is 0 Å². The monoisotopic (exact) mass is 439 g/mol. The van der Waals surface area contributed by atoms with E-state index in [0.717, 1.165) is 42.2 Å². The van der Waals surface area contributed by atoms with Crippen LogP contribution in [-0.2, 0) is 11.3 Å². The molecule has 2 saturated heterocycles. The molecular weight excluding hydrogens is 410 g/mol. The van der Waals surface area contributed by atoms with Crippen LogP contribution < -0.4 is 14.8 Å². The molecule has 4 heterocycles. The number of carbonyl (C=O) groups excluding carboxylic acids is 2. The molecule has 0 aliphatic carbocycles. The van der Waals surface area contributed by atoms with Gasteiger partial charge in [0.1, 0.15) is 19.0 Å². The minimum atomic E-state index is -0.109. The zero-order valence-corrected chi connectivity index (χ0v) is 18.1. The minimum Gasteiger partial charge on any atom is -0.486 e. The van der Waals surface area contributed by atoms with Gasteiger partial charge in [-0.2, -0.15) is 0 Å². The van der Waals surface area contributed by atoms with Gasteiger partial charge in [-0.05, 0) is 55.5 Å². The van der Waals surface area contributed by atoms with Crippen molar-refractivity contribution in [1.29, 1.82) is 0 Å². The summed E-state index contributed by atoms with van der Waals surface area (Å²) in [6.45, 7) is 3.45. The van der Waals surface area contributed by atoms with Gasteiger partial charge < -0.3 is 29.0 Å². The molecule has 8 nitrogen and oxygen atoms in total. The zero-order valence-electron chi connectivity index (χ0n) is 18.1. The average molecular weight is 440 g/mol. The lowest BCUT2D eigenvalue weighted by atomic mass is 9.94. The number of amides is 3. The van der Waals surface area contributed by atoms with E-state index >= 15 is 0 Å². The summed E-state index contributed by atoms with van der Waals surface area (Å²) in [7, 11) is 0. The highest BCUT2D eigenvalue weighted by Crippen LogP contribution is 2.39. The third kappa shape index (κ3) is 4.26. The average Bonchev–Trinajstić information content (AvgIpc) is 3.54. The summed E-state index contributed by atoms with van der Waals surface area (Å²) in [6.07, 6.45) is 4.93. The van der Waals surface area contributed by atoms with E-state index in [-0.39, 0.29) is 23.9 Å². The number of furan rings is 1. The molecule has 0 spiro atoms. The standard InChI is InChI=1S/C24H29N3O5/c28-23(17-7-10-26(11-8-17)24(29)25-16-19-3-2-12-30-19)27-9-1-4-20(27)18-5-6-21-22(15-18)32-14-13-31-21/h2-3,5-6,12,15,17,20H,1,4,7-11,13-14,16H2,(H,25,29). The van der Waals surface area contributed by atoms with Crippen molar-refractivity contribution in [3.05, 3.63) is 47.9 Å².